The predicted octanol–water partition coefficient (Wildman–Crippen LogP) is 5.00. The summed E-state index contributed by atoms with van der Waals surface area (Å²) in [6.07, 6.45) is 2.16. The quantitative estimate of drug-likeness (QED) is 0.720. The number of benzene rings is 2. The lowest BCUT2D eigenvalue weighted by Crippen LogP contribution is -2.35. The molecule has 4 rings (SSSR count). The average molecular weight is 417 g/mol. The summed E-state index contributed by atoms with van der Waals surface area (Å²) in [7, 11) is 0. The van der Waals surface area contributed by atoms with Gasteiger partial charge in [0, 0.05) is 40.6 Å². The first-order valence-electron chi connectivity index (χ1n) is 10.8. The standard InChI is InChI=1S/C26H28N2O3/c1-4-31-19-14-12-18(13-15-19)24-23(26(30)28-20-9-6-5-8-16(20)2)17(3)27-21-10-7-11-22(29)25(21)24/h5-6,8-9,12-15,24,27H,4,7,10-11H2,1-3H3,(H,28,30)/t24-/m1/s1. The lowest BCUT2D eigenvalue weighted by molar-refractivity contribution is -0.116. The van der Waals surface area contributed by atoms with E-state index in [1.54, 1.807) is 0 Å². The minimum absolute atomic E-state index is 0.112. The second-order valence-electron chi connectivity index (χ2n) is 8.04. The van der Waals surface area contributed by atoms with Crippen LogP contribution in [0.4, 0.5) is 5.69 Å². The van der Waals surface area contributed by atoms with Gasteiger partial charge >= 0.3 is 0 Å². The molecule has 160 valence electrons. The molecule has 0 saturated carbocycles. The topological polar surface area (TPSA) is 67.4 Å². The van der Waals surface area contributed by atoms with E-state index >= 15 is 0 Å². The smallest absolute Gasteiger partial charge is 0.254 e. The van der Waals surface area contributed by atoms with E-state index < -0.39 is 5.92 Å². The van der Waals surface area contributed by atoms with Crippen molar-refractivity contribution in [1.82, 2.24) is 5.32 Å². The van der Waals surface area contributed by atoms with Crippen molar-refractivity contribution in [3.8, 4) is 5.75 Å². The fourth-order valence-electron chi connectivity index (χ4n) is 4.44. The number of nitrogens with one attached hydrogen (secondary N) is 2. The van der Waals surface area contributed by atoms with Crippen LogP contribution >= 0.6 is 0 Å². The number of anilines is 1. The molecule has 5 heteroatoms. The molecule has 1 amide bonds. The van der Waals surface area contributed by atoms with Crippen LogP contribution in [-0.2, 0) is 9.59 Å². The number of amides is 1. The molecule has 1 aliphatic carbocycles. The Morgan fingerprint density at radius 2 is 1.84 bits per heavy atom. The van der Waals surface area contributed by atoms with Crippen LogP contribution in [0.15, 0.2) is 71.1 Å². The largest absolute Gasteiger partial charge is 0.494 e. The van der Waals surface area contributed by atoms with Crippen molar-refractivity contribution in [1.29, 1.82) is 0 Å². The minimum atomic E-state index is -0.399. The summed E-state index contributed by atoms with van der Waals surface area (Å²) in [5, 5.41) is 6.42. The first-order valence-corrected chi connectivity index (χ1v) is 10.8. The van der Waals surface area contributed by atoms with Crippen LogP contribution in [0.1, 0.15) is 50.2 Å². The van der Waals surface area contributed by atoms with E-state index in [0.29, 0.717) is 18.6 Å². The van der Waals surface area contributed by atoms with Crippen LogP contribution in [0.3, 0.4) is 0 Å². The third-order valence-electron chi connectivity index (χ3n) is 5.94. The summed E-state index contributed by atoms with van der Waals surface area (Å²) >= 11 is 0. The number of hydrogen-bond acceptors (Lipinski definition) is 4. The Morgan fingerprint density at radius 1 is 1.10 bits per heavy atom. The molecule has 0 spiro atoms. The molecule has 0 aromatic heterocycles. The fraction of sp³-hybridized carbons (Fsp3) is 0.308. The van der Waals surface area contributed by atoms with Crippen molar-refractivity contribution in [2.75, 3.05) is 11.9 Å². The molecular weight excluding hydrogens is 388 g/mol. The van der Waals surface area contributed by atoms with Gasteiger partial charge in [0.05, 0.1) is 6.61 Å². The summed E-state index contributed by atoms with van der Waals surface area (Å²) in [5.41, 5.74) is 5.72. The molecule has 31 heavy (non-hydrogen) atoms. The Kier molecular flexibility index (Phi) is 5.94. The SMILES string of the molecule is CCOc1ccc([C@@H]2C(C(=O)Nc3ccccc3C)=C(C)NC3=C2C(=O)CCC3)cc1. The van der Waals surface area contributed by atoms with E-state index in [-0.39, 0.29) is 11.7 Å². The molecule has 1 atom stereocenters. The van der Waals surface area contributed by atoms with E-state index in [1.807, 2.05) is 69.3 Å². The van der Waals surface area contributed by atoms with Crippen LogP contribution < -0.4 is 15.4 Å². The number of dihydropyridines is 1. The van der Waals surface area contributed by atoms with Crippen LogP contribution in [0.25, 0.3) is 0 Å². The Bertz CT molecular complexity index is 1080. The van der Waals surface area contributed by atoms with Crippen molar-refractivity contribution in [3.05, 3.63) is 82.2 Å². The molecule has 1 heterocycles. The Labute approximate surface area is 183 Å². The Morgan fingerprint density at radius 3 is 2.55 bits per heavy atom. The van der Waals surface area contributed by atoms with Gasteiger partial charge in [0.15, 0.2) is 5.78 Å². The number of allylic oxidation sites excluding steroid dienone is 3. The Hall–Kier alpha value is -3.34. The number of rotatable bonds is 5. The third kappa shape index (κ3) is 4.13. The van der Waals surface area contributed by atoms with Crippen molar-refractivity contribution >= 4 is 17.4 Å². The van der Waals surface area contributed by atoms with Crippen molar-refractivity contribution < 1.29 is 14.3 Å². The summed E-state index contributed by atoms with van der Waals surface area (Å²) in [4.78, 5) is 26.5. The highest BCUT2D eigenvalue weighted by Gasteiger charge is 2.38. The van der Waals surface area contributed by atoms with Crippen molar-refractivity contribution in [2.45, 2.75) is 46.0 Å². The van der Waals surface area contributed by atoms with E-state index in [9.17, 15) is 9.59 Å². The van der Waals surface area contributed by atoms with Gasteiger partial charge in [0.1, 0.15) is 5.75 Å². The number of Topliss-reactive ketones (excluding diaryl/α,β-unsaturated/α-hetero) is 1. The highest BCUT2D eigenvalue weighted by atomic mass is 16.5. The van der Waals surface area contributed by atoms with Gasteiger partial charge in [-0.15, -0.1) is 0 Å². The van der Waals surface area contributed by atoms with Crippen LogP contribution in [0.2, 0.25) is 0 Å². The molecule has 0 fully saturated rings. The normalized spacial score (nSPS) is 18.4. The highest BCUT2D eigenvalue weighted by Crippen LogP contribution is 2.42. The van der Waals surface area contributed by atoms with Gasteiger partial charge in [-0.2, -0.15) is 0 Å². The van der Waals surface area contributed by atoms with E-state index in [1.165, 1.54) is 0 Å². The molecule has 5 nitrogen and oxygen atoms in total. The molecule has 0 unspecified atom stereocenters. The Balaban J connectivity index is 1.77. The number of carbonyl (C=O) groups is 2. The van der Waals surface area contributed by atoms with Gasteiger partial charge in [-0.05, 0) is 62.9 Å². The number of carbonyl (C=O) groups excluding carboxylic acids is 2. The molecule has 0 radical (unpaired) electrons. The molecule has 2 aromatic carbocycles. The minimum Gasteiger partial charge on any atom is -0.494 e. The van der Waals surface area contributed by atoms with Crippen LogP contribution in [-0.4, -0.2) is 18.3 Å². The van der Waals surface area contributed by atoms with Crippen molar-refractivity contribution in [3.63, 3.8) is 0 Å². The van der Waals surface area contributed by atoms with Crippen LogP contribution in [0.5, 0.6) is 5.75 Å². The number of aryl methyl sites for hydroxylation is 1. The maximum Gasteiger partial charge on any atom is 0.254 e. The molecule has 1 aliphatic heterocycles. The predicted molar refractivity (Wildman–Crippen MR) is 122 cm³/mol. The van der Waals surface area contributed by atoms with Gasteiger partial charge < -0.3 is 15.4 Å². The van der Waals surface area contributed by atoms with Crippen LogP contribution in [0, 0.1) is 6.92 Å². The molecule has 0 saturated heterocycles. The number of hydrogen-bond donors (Lipinski definition) is 2. The van der Waals surface area contributed by atoms with Gasteiger partial charge in [0.2, 0.25) is 0 Å². The zero-order valence-electron chi connectivity index (χ0n) is 18.2. The first kappa shape index (κ1) is 20.9. The molecule has 2 N–H and O–H groups in total. The van der Waals surface area contributed by atoms with Gasteiger partial charge in [-0.3, -0.25) is 9.59 Å². The van der Waals surface area contributed by atoms with Gasteiger partial charge in [-0.1, -0.05) is 30.3 Å². The van der Waals surface area contributed by atoms with Crippen molar-refractivity contribution in [2.24, 2.45) is 0 Å². The molecule has 2 aliphatic rings. The second kappa shape index (κ2) is 8.80. The lowest BCUT2D eigenvalue weighted by atomic mass is 9.75. The molecule has 2 aromatic rings. The maximum absolute atomic E-state index is 13.5. The van der Waals surface area contributed by atoms with E-state index in [4.69, 9.17) is 4.74 Å². The fourth-order valence-corrected chi connectivity index (χ4v) is 4.44. The number of ketones is 1. The maximum atomic E-state index is 13.5. The van der Waals surface area contributed by atoms with E-state index in [2.05, 4.69) is 10.6 Å². The van der Waals surface area contributed by atoms with E-state index in [0.717, 1.165) is 52.4 Å². The summed E-state index contributed by atoms with van der Waals surface area (Å²) in [6, 6.07) is 15.4. The average Bonchev–Trinajstić information content (AvgIpc) is 2.75. The highest BCUT2D eigenvalue weighted by molar-refractivity contribution is 6.10. The third-order valence-corrected chi connectivity index (χ3v) is 5.94. The lowest BCUT2D eigenvalue weighted by Gasteiger charge is -2.34. The zero-order valence-corrected chi connectivity index (χ0v) is 18.2. The summed E-state index contributed by atoms with van der Waals surface area (Å²) in [6.45, 7) is 6.41. The monoisotopic (exact) mass is 416 g/mol. The number of para-hydroxylation sites is 1. The zero-order chi connectivity index (χ0) is 22.0. The molecule has 0 bridgehead atoms. The first-order chi connectivity index (χ1) is 15.0. The molecular formula is C26H28N2O3. The number of ether oxygens (including phenoxy) is 1. The van der Waals surface area contributed by atoms with Gasteiger partial charge in [0.25, 0.3) is 5.91 Å². The summed E-state index contributed by atoms with van der Waals surface area (Å²) < 4.78 is 5.58. The van der Waals surface area contributed by atoms with Gasteiger partial charge in [-0.25, -0.2) is 0 Å². The second-order valence-corrected chi connectivity index (χ2v) is 8.04. The summed E-state index contributed by atoms with van der Waals surface area (Å²) in [5.74, 6) is 0.296.